The average Bonchev–Trinajstić information content (AvgIpc) is 2.75. The summed E-state index contributed by atoms with van der Waals surface area (Å²) in [5.74, 6) is -0.851. The predicted octanol–water partition coefficient (Wildman–Crippen LogP) is 3.38. The van der Waals surface area contributed by atoms with Gasteiger partial charge in [0.1, 0.15) is 5.41 Å². The van der Waals surface area contributed by atoms with Crippen molar-refractivity contribution in [3.63, 3.8) is 0 Å². The van der Waals surface area contributed by atoms with Crippen LogP contribution in [0.4, 0.5) is 5.13 Å². The van der Waals surface area contributed by atoms with Crippen LogP contribution in [0.1, 0.15) is 47.2 Å². The Hall–Kier alpha value is -1.10. The molecule has 0 spiro atoms. The first-order chi connectivity index (χ1) is 8.48. The fraction of sp³-hybridized carbons (Fsp3) is 0.714. The van der Waals surface area contributed by atoms with Crippen LogP contribution in [0.2, 0.25) is 0 Å². The van der Waals surface area contributed by atoms with Gasteiger partial charge in [0.05, 0.1) is 5.69 Å². The minimum atomic E-state index is -0.944. The standard InChI is InChI=1S/C14H24N2O2S/c1-9(13(2,3)4)16(7)12-15-10(8-19-12)14(5,6)11(17)18/h8-9H,1-7H3,(H,17,18). The van der Waals surface area contributed by atoms with Gasteiger partial charge in [-0.3, -0.25) is 4.79 Å². The highest BCUT2D eigenvalue weighted by molar-refractivity contribution is 7.13. The zero-order chi connectivity index (χ0) is 15.0. The molecule has 0 radical (unpaired) electrons. The highest BCUT2D eigenvalue weighted by atomic mass is 32.1. The maximum atomic E-state index is 11.2. The largest absolute Gasteiger partial charge is 0.481 e. The molecule has 0 aliphatic carbocycles. The molecule has 1 rings (SSSR count). The number of aromatic nitrogens is 1. The van der Waals surface area contributed by atoms with E-state index in [2.05, 4.69) is 37.6 Å². The van der Waals surface area contributed by atoms with Gasteiger partial charge in [-0.1, -0.05) is 20.8 Å². The van der Waals surface area contributed by atoms with E-state index in [1.165, 1.54) is 11.3 Å². The molecule has 19 heavy (non-hydrogen) atoms. The van der Waals surface area contributed by atoms with Crippen molar-refractivity contribution in [1.82, 2.24) is 4.98 Å². The lowest BCUT2D eigenvalue weighted by Crippen LogP contribution is -2.39. The minimum absolute atomic E-state index is 0.142. The Bertz CT molecular complexity index is 460. The van der Waals surface area contributed by atoms with E-state index in [0.717, 1.165) is 5.13 Å². The van der Waals surface area contributed by atoms with Crippen LogP contribution in [-0.2, 0) is 10.2 Å². The Kier molecular flexibility index (Phi) is 4.30. The van der Waals surface area contributed by atoms with E-state index in [-0.39, 0.29) is 5.41 Å². The van der Waals surface area contributed by atoms with Crippen LogP contribution < -0.4 is 4.90 Å². The molecular weight excluding hydrogens is 260 g/mol. The Morgan fingerprint density at radius 1 is 1.37 bits per heavy atom. The van der Waals surface area contributed by atoms with Crippen molar-refractivity contribution in [3.8, 4) is 0 Å². The summed E-state index contributed by atoms with van der Waals surface area (Å²) in [5.41, 5.74) is -0.184. The van der Waals surface area contributed by atoms with Gasteiger partial charge in [-0.05, 0) is 26.2 Å². The van der Waals surface area contributed by atoms with Gasteiger partial charge in [0.15, 0.2) is 5.13 Å². The summed E-state index contributed by atoms with van der Waals surface area (Å²) >= 11 is 1.50. The van der Waals surface area contributed by atoms with E-state index < -0.39 is 11.4 Å². The predicted molar refractivity (Wildman–Crippen MR) is 80.1 cm³/mol. The molecule has 0 amide bonds. The number of carboxylic acids is 1. The Balaban J connectivity index is 3.01. The van der Waals surface area contributed by atoms with Crippen molar-refractivity contribution < 1.29 is 9.90 Å². The molecule has 0 saturated heterocycles. The maximum Gasteiger partial charge on any atom is 0.315 e. The number of thiazole rings is 1. The second kappa shape index (κ2) is 5.12. The van der Waals surface area contributed by atoms with Gasteiger partial charge in [0.25, 0.3) is 0 Å². The van der Waals surface area contributed by atoms with Crippen LogP contribution in [0.25, 0.3) is 0 Å². The smallest absolute Gasteiger partial charge is 0.315 e. The Labute approximate surface area is 119 Å². The molecule has 0 saturated carbocycles. The normalized spacial score (nSPS) is 14.3. The van der Waals surface area contributed by atoms with Gasteiger partial charge in [-0.2, -0.15) is 0 Å². The molecular formula is C14H24N2O2S. The number of hydrogen-bond donors (Lipinski definition) is 1. The fourth-order valence-corrected chi connectivity index (χ4v) is 2.61. The van der Waals surface area contributed by atoms with Crippen LogP contribution in [0.3, 0.4) is 0 Å². The zero-order valence-corrected chi connectivity index (χ0v) is 13.6. The van der Waals surface area contributed by atoms with Crippen LogP contribution in [0, 0.1) is 5.41 Å². The first-order valence-corrected chi connectivity index (χ1v) is 7.28. The second-order valence-corrected chi connectivity index (χ2v) is 7.43. The number of carboxylic acid groups (broad SMARTS) is 1. The van der Waals surface area contributed by atoms with E-state index in [1.807, 2.05) is 12.4 Å². The Morgan fingerprint density at radius 3 is 2.32 bits per heavy atom. The number of anilines is 1. The van der Waals surface area contributed by atoms with Crippen LogP contribution in [0.15, 0.2) is 5.38 Å². The van der Waals surface area contributed by atoms with Gasteiger partial charge >= 0.3 is 5.97 Å². The molecule has 0 aliphatic heterocycles. The number of aliphatic carboxylic acids is 1. The number of rotatable bonds is 4. The summed E-state index contributed by atoms with van der Waals surface area (Å²) in [6.45, 7) is 12.1. The van der Waals surface area contributed by atoms with Crippen LogP contribution in [0.5, 0.6) is 0 Å². The second-order valence-electron chi connectivity index (χ2n) is 6.60. The highest BCUT2D eigenvalue weighted by Crippen LogP contribution is 2.32. The molecule has 0 aromatic carbocycles. The molecule has 108 valence electrons. The van der Waals surface area contributed by atoms with Gasteiger partial charge < -0.3 is 10.0 Å². The minimum Gasteiger partial charge on any atom is -0.481 e. The molecule has 1 unspecified atom stereocenters. The van der Waals surface area contributed by atoms with Crippen molar-refractivity contribution in [3.05, 3.63) is 11.1 Å². The van der Waals surface area contributed by atoms with Crippen molar-refractivity contribution in [2.45, 2.75) is 53.0 Å². The average molecular weight is 284 g/mol. The maximum absolute atomic E-state index is 11.2. The summed E-state index contributed by atoms with van der Waals surface area (Å²) in [4.78, 5) is 17.9. The number of carbonyl (C=O) groups is 1. The number of nitrogens with zero attached hydrogens (tertiary/aromatic N) is 2. The van der Waals surface area contributed by atoms with E-state index >= 15 is 0 Å². The molecule has 5 heteroatoms. The molecule has 0 aliphatic rings. The Morgan fingerprint density at radius 2 is 1.89 bits per heavy atom. The van der Waals surface area contributed by atoms with Gasteiger partial charge in [-0.25, -0.2) is 4.98 Å². The molecule has 0 bridgehead atoms. The fourth-order valence-electron chi connectivity index (χ4n) is 1.57. The van der Waals surface area contributed by atoms with Crippen molar-refractivity contribution in [2.24, 2.45) is 5.41 Å². The molecule has 1 aromatic heterocycles. The molecule has 1 atom stereocenters. The molecule has 4 nitrogen and oxygen atoms in total. The van der Waals surface area contributed by atoms with Gasteiger partial charge in [-0.15, -0.1) is 11.3 Å². The van der Waals surface area contributed by atoms with Crippen molar-refractivity contribution >= 4 is 22.4 Å². The summed E-state index contributed by atoms with van der Waals surface area (Å²) in [7, 11) is 2.01. The number of hydrogen-bond acceptors (Lipinski definition) is 4. The summed E-state index contributed by atoms with van der Waals surface area (Å²) < 4.78 is 0. The first kappa shape index (κ1) is 16.0. The SMILES string of the molecule is CC(N(C)c1nc(C(C)(C)C(=O)O)cs1)C(C)(C)C. The van der Waals surface area contributed by atoms with E-state index in [4.69, 9.17) is 0 Å². The molecule has 1 aromatic rings. The van der Waals surface area contributed by atoms with E-state index in [9.17, 15) is 9.90 Å². The summed E-state index contributed by atoms with van der Waals surface area (Å²) in [5, 5.41) is 11.9. The van der Waals surface area contributed by atoms with Crippen LogP contribution in [-0.4, -0.2) is 29.1 Å². The highest BCUT2D eigenvalue weighted by Gasteiger charge is 2.33. The third-order valence-corrected chi connectivity index (χ3v) is 4.73. The van der Waals surface area contributed by atoms with Gasteiger partial charge in [0.2, 0.25) is 0 Å². The first-order valence-electron chi connectivity index (χ1n) is 6.40. The third kappa shape index (κ3) is 3.26. The monoisotopic (exact) mass is 284 g/mol. The van der Waals surface area contributed by atoms with Crippen molar-refractivity contribution in [1.29, 1.82) is 0 Å². The molecule has 1 heterocycles. The zero-order valence-electron chi connectivity index (χ0n) is 12.8. The van der Waals surface area contributed by atoms with Gasteiger partial charge in [0, 0.05) is 18.5 Å². The summed E-state index contributed by atoms with van der Waals surface area (Å²) in [6.07, 6.45) is 0. The summed E-state index contributed by atoms with van der Waals surface area (Å²) in [6, 6.07) is 0.319. The topological polar surface area (TPSA) is 53.4 Å². The quantitative estimate of drug-likeness (QED) is 0.921. The third-order valence-electron chi connectivity index (χ3n) is 3.80. The lowest BCUT2D eigenvalue weighted by Gasteiger charge is -2.35. The lowest BCUT2D eigenvalue weighted by atomic mass is 9.87. The van der Waals surface area contributed by atoms with E-state index in [0.29, 0.717) is 11.7 Å². The molecule has 0 fully saturated rings. The lowest BCUT2D eigenvalue weighted by molar-refractivity contribution is -0.142. The van der Waals surface area contributed by atoms with E-state index in [1.54, 1.807) is 13.8 Å². The molecule has 1 N–H and O–H groups in total. The van der Waals surface area contributed by atoms with Crippen molar-refractivity contribution in [2.75, 3.05) is 11.9 Å². The van der Waals surface area contributed by atoms with Crippen LogP contribution >= 0.6 is 11.3 Å².